The fourth-order valence-electron chi connectivity index (χ4n) is 1.83. The minimum absolute atomic E-state index is 0.00595. The highest BCUT2D eigenvalue weighted by Gasteiger charge is 2.22. The molecule has 1 atom stereocenters. The minimum Gasteiger partial charge on any atom is -0.379 e. The number of rotatable bonds is 7. The van der Waals surface area contributed by atoms with Crippen LogP contribution >= 0.6 is 0 Å². The lowest BCUT2D eigenvalue weighted by Crippen LogP contribution is -2.36. The van der Waals surface area contributed by atoms with E-state index in [4.69, 9.17) is 4.74 Å². The maximum Gasteiger partial charge on any atom is 0.0637 e. The highest BCUT2D eigenvalue weighted by atomic mass is 16.5. The van der Waals surface area contributed by atoms with Gasteiger partial charge in [0.15, 0.2) is 0 Å². The van der Waals surface area contributed by atoms with Crippen molar-refractivity contribution in [1.82, 2.24) is 5.32 Å². The monoisotopic (exact) mass is 199 g/mol. The first-order valence-corrected chi connectivity index (χ1v) is 5.82. The summed E-state index contributed by atoms with van der Waals surface area (Å²) in [6.07, 6.45) is 5.35. The van der Waals surface area contributed by atoms with Crippen LogP contribution in [0.1, 0.15) is 46.5 Å². The van der Waals surface area contributed by atoms with Crippen LogP contribution in [0.4, 0.5) is 0 Å². The third kappa shape index (κ3) is 4.97. The first kappa shape index (κ1) is 12.0. The zero-order valence-electron chi connectivity index (χ0n) is 10.1. The van der Waals surface area contributed by atoms with E-state index in [9.17, 15) is 0 Å². The summed E-state index contributed by atoms with van der Waals surface area (Å²) in [5.74, 6) is 1.03. The Morgan fingerprint density at radius 1 is 1.43 bits per heavy atom. The first-order chi connectivity index (χ1) is 6.53. The van der Waals surface area contributed by atoms with E-state index in [0.29, 0.717) is 6.04 Å². The smallest absolute Gasteiger partial charge is 0.0637 e. The van der Waals surface area contributed by atoms with Crippen molar-refractivity contribution in [3.05, 3.63) is 0 Å². The Kier molecular flexibility index (Phi) is 4.39. The summed E-state index contributed by atoms with van der Waals surface area (Å²) in [7, 11) is 1.79. The Hall–Kier alpha value is -0.0800. The van der Waals surface area contributed by atoms with Gasteiger partial charge in [-0.05, 0) is 46.1 Å². The molecule has 1 N–H and O–H groups in total. The molecule has 0 aromatic carbocycles. The van der Waals surface area contributed by atoms with Crippen LogP contribution in [-0.4, -0.2) is 25.3 Å². The van der Waals surface area contributed by atoms with Crippen LogP contribution in [-0.2, 0) is 4.74 Å². The Morgan fingerprint density at radius 3 is 2.57 bits per heavy atom. The molecule has 0 spiro atoms. The SMILES string of the molecule is COC(C)(C)CC(C)NCCC1CC1. The van der Waals surface area contributed by atoms with Gasteiger partial charge in [0.05, 0.1) is 5.60 Å². The molecule has 0 amide bonds. The molecule has 1 aliphatic carbocycles. The van der Waals surface area contributed by atoms with Gasteiger partial charge in [-0.3, -0.25) is 0 Å². The second kappa shape index (κ2) is 5.13. The summed E-state index contributed by atoms with van der Waals surface area (Å²) in [5, 5.41) is 3.56. The molecule has 2 heteroatoms. The molecule has 1 aliphatic rings. The van der Waals surface area contributed by atoms with Crippen LogP contribution in [0, 0.1) is 5.92 Å². The van der Waals surface area contributed by atoms with Gasteiger partial charge in [-0.2, -0.15) is 0 Å². The largest absolute Gasteiger partial charge is 0.379 e. The number of nitrogens with one attached hydrogen (secondary N) is 1. The third-order valence-corrected chi connectivity index (χ3v) is 3.09. The quantitative estimate of drug-likeness (QED) is 0.680. The van der Waals surface area contributed by atoms with Crippen molar-refractivity contribution >= 4 is 0 Å². The van der Waals surface area contributed by atoms with Gasteiger partial charge in [-0.15, -0.1) is 0 Å². The zero-order chi connectivity index (χ0) is 10.6. The Balaban J connectivity index is 2.04. The highest BCUT2D eigenvalue weighted by Crippen LogP contribution is 2.31. The van der Waals surface area contributed by atoms with E-state index in [2.05, 4.69) is 26.1 Å². The first-order valence-electron chi connectivity index (χ1n) is 5.82. The van der Waals surface area contributed by atoms with Crippen LogP contribution in [0.15, 0.2) is 0 Å². The number of methoxy groups -OCH3 is 1. The van der Waals surface area contributed by atoms with E-state index >= 15 is 0 Å². The van der Waals surface area contributed by atoms with Crippen molar-refractivity contribution in [2.45, 2.75) is 58.1 Å². The molecule has 14 heavy (non-hydrogen) atoms. The molecular formula is C12H25NO. The Bertz CT molecular complexity index is 164. The van der Waals surface area contributed by atoms with Crippen molar-refractivity contribution < 1.29 is 4.74 Å². The lowest BCUT2D eigenvalue weighted by atomic mass is 10.00. The lowest BCUT2D eigenvalue weighted by Gasteiger charge is -2.27. The summed E-state index contributed by atoms with van der Waals surface area (Å²) in [4.78, 5) is 0. The lowest BCUT2D eigenvalue weighted by molar-refractivity contribution is 0.00858. The molecule has 1 fully saturated rings. The molecule has 0 radical (unpaired) electrons. The fourth-order valence-corrected chi connectivity index (χ4v) is 1.83. The molecule has 0 aromatic heterocycles. The molecule has 1 rings (SSSR count). The maximum atomic E-state index is 5.41. The Morgan fingerprint density at radius 2 is 2.07 bits per heavy atom. The van der Waals surface area contributed by atoms with Gasteiger partial charge in [-0.25, -0.2) is 0 Å². The summed E-state index contributed by atoms with van der Waals surface area (Å²) in [6.45, 7) is 7.71. The van der Waals surface area contributed by atoms with Crippen molar-refractivity contribution in [1.29, 1.82) is 0 Å². The predicted molar refractivity (Wildman–Crippen MR) is 60.5 cm³/mol. The van der Waals surface area contributed by atoms with Gasteiger partial charge in [0.2, 0.25) is 0 Å². The zero-order valence-corrected chi connectivity index (χ0v) is 10.1. The van der Waals surface area contributed by atoms with Gasteiger partial charge >= 0.3 is 0 Å². The topological polar surface area (TPSA) is 21.3 Å². The predicted octanol–water partition coefficient (Wildman–Crippen LogP) is 2.58. The molecule has 0 aromatic rings. The molecule has 1 saturated carbocycles. The van der Waals surface area contributed by atoms with E-state index in [1.165, 1.54) is 25.8 Å². The molecule has 0 saturated heterocycles. The van der Waals surface area contributed by atoms with Gasteiger partial charge in [0.25, 0.3) is 0 Å². The van der Waals surface area contributed by atoms with Crippen LogP contribution in [0.25, 0.3) is 0 Å². The van der Waals surface area contributed by atoms with Gasteiger partial charge < -0.3 is 10.1 Å². The van der Waals surface area contributed by atoms with Gasteiger partial charge in [0.1, 0.15) is 0 Å². The normalized spacial score (nSPS) is 19.7. The molecule has 84 valence electrons. The summed E-state index contributed by atoms with van der Waals surface area (Å²) < 4.78 is 5.41. The van der Waals surface area contributed by atoms with Crippen LogP contribution in [0.2, 0.25) is 0 Å². The van der Waals surface area contributed by atoms with Crippen molar-refractivity contribution in [2.75, 3.05) is 13.7 Å². The Labute approximate surface area is 88.4 Å². The van der Waals surface area contributed by atoms with Crippen LogP contribution < -0.4 is 5.32 Å². The molecule has 2 nitrogen and oxygen atoms in total. The average molecular weight is 199 g/mol. The standard InChI is InChI=1S/C12H25NO/c1-10(9-12(2,3)14-4)13-8-7-11-5-6-11/h10-11,13H,5-9H2,1-4H3. The van der Waals surface area contributed by atoms with Crippen molar-refractivity contribution in [2.24, 2.45) is 5.92 Å². The van der Waals surface area contributed by atoms with Crippen LogP contribution in [0.5, 0.6) is 0 Å². The highest BCUT2D eigenvalue weighted by molar-refractivity contribution is 4.77. The molecule has 0 aliphatic heterocycles. The van der Waals surface area contributed by atoms with Gasteiger partial charge in [-0.1, -0.05) is 12.8 Å². The maximum absolute atomic E-state index is 5.41. The minimum atomic E-state index is 0.00595. The van der Waals surface area contributed by atoms with E-state index in [0.717, 1.165) is 12.3 Å². The molecular weight excluding hydrogens is 174 g/mol. The molecule has 0 heterocycles. The summed E-state index contributed by atoms with van der Waals surface area (Å²) >= 11 is 0. The van der Waals surface area contributed by atoms with E-state index in [-0.39, 0.29) is 5.60 Å². The van der Waals surface area contributed by atoms with E-state index < -0.39 is 0 Å². The molecule has 0 bridgehead atoms. The number of ether oxygens (including phenoxy) is 1. The van der Waals surface area contributed by atoms with Gasteiger partial charge in [0, 0.05) is 13.2 Å². The van der Waals surface area contributed by atoms with E-state index in [1.54, 1.807) is 7.11 Å². The fraction of sp³-hybridized carbons (Fsp3) is 1.00. The third-order valence-electron chi connectivity index (χ3n) is 3.09. The number of hydrogen-bond donors (Lipinski definition) is 1. The second-order valence-corrected chi connectivity index (χ2v) is 5.26. The van der Waals surface area contributed by atoms with Crippen LogP contribution in [0.3, 0.4) is 0 Å². The summed E-state index contributed by atoms with van der Waals surface area (Å²) in [6, 6.07) is 0.559. The average Bonchev–Trinajstić information content (AvgIpc) is 2.87. The van der Waals surface area contributed by atoms with E-state index in [1.807, 2.05) is 0 Å². The van der Waals surface area contributed by atoms with Crippen molar-refractivity contribution in [3.63, 3.8) is 0 Å². The number of hydrogen-bond acceptors (Lipinski definition) is 2. The van der Waals surface area contributed by atoms with Crippen molar-refractivity contribution in [3.8, 4) is 0 Å². The molecule has 1 unspecified atom stereocenters. The second-order valence-electron chi connectivity index (χ2n) is 5.26. The summed E-state index contributed by atoms with van der Waals surface area (Å²) in [5.41, 5.74) is 0.00595.